The minimum atomic E-state index is -0.538. The summed E-state index contributed by atoms with van der Waals surface area (Å²) < 4.78 is 6.46. The Bertz CT molecular complexity index is 1020. The number of carbonyl (C=O) groups excluding carboxylic acids is 1. The van der Waals surface area contributed by atoms with Gasteiger partial charge in [-0.2, -0.15) is 5.10 Å². The monoisotopic (exact) mass is 382 g/mol. The summed E-state index contributed by atoms with van der Waals surface area (Å²) >= 11 is 0. The molecule has 1 aliphatic rings. The predicted molar refractivity (Wildman–Crippen MR) is 105 cm³/mol. The molecule has 1 amide bonds. The number of amides is 1. The molecular weight excluding hydrogens is 360 g/mol. The summed E-state index contributed by atoms with van der Waals surface area (Å²) in [6.07, 6.45) is 4.17. The van der Waals surface area contributed by atoms with E-state index < -0.39 is 5.76 Å². The van der Waals surface area contributed by atoms with Crippen LogP contribution in [-0.2, 0) is 11.3 Å². The number of fused-ring (bicyclic) bond motifs is 1. The topological polar surface area (TPSA) is 105 Å². The number of nitrogens with zero attached hydrogens (tertiary/aromatic N) is 4. The summed E-state index contributed by atoms with van der Waals surface area (Å²) in [5, 5.41) is 14.1. The van der Waals surface area contributed by atoms with Crippen LogP contribution in [0.25, 0.3) is 11.1 Å². The van der Waals surface area contributed by atoms with Crippen LogP contribution in [0.15, 0.2) is 45.7 Å². The smallest absolute Gasteiger partial charge is 0.408 e. The summed E-state index contributed by atoms with van der Waals surface area (Å²) in [5.74, 6) is -0.119. The lowest BCUT2D eigenvalue weighted by Crippen LogP contribution is -2.33. The van der Waals surface area contributed by atoms with Gasteiger partial charge in [0.25, 0.3) is 0 Å². The first-order chi connectivity index (χ1) is 13.7. The highest BCUT2D eigenvalue weighted by molar-refractivity contribution is 5.79. The van der Waals surface area contributed by atoms with Crippen LogP contribution in [0.5, 0.6) is 0 Å². The highest BCUT2D eigenvalue weighted by atomic mass is 16.4. The molecule has 2 N–H and O–H groups in total. The highest BCUT2D eigenvalue weighted by Gasteiger charge is 2.14. The molecule has 1 saturated heterocycles. The Morgan fingerprint density at radius 1 is 1.18 bits per heavy atom. The summed E-state index contributed by atoms with van der Waals surface area (Å²) in [7, 11) is 0. The molecule has 28 heavy (non-hydrogen) atoms. The van der Waals surface area contributed by atoms with E-state index in [1.165, 1.54) is 17.4 Å². The molecule has 9 heteroatoms. The molecule has 1 fully saturated rings. The van der Waals surface area contributed by atoms with Crippen molar-refractivity contribution < 1.29 is 9.21 Å². The number of benzene rings is 1. The van der Waals surface area contributed by atoms with E-state index in [4.69, 9.17) is 4.42 Å². The number of oxazole rings is 1. The molecule has 146 valence electrons. The number of aromatic nitrogens is 3. The Balaban J connectivity index is 1.27. The van der Waals surface area contributed by atoms with Crippen molar-refractivity contribution in [3.63, 3.8) is 0 Å². The number of hydrogen-bond acceptors (Lipinski definition) is 7. The SMILES string of the molecule is O=C(Cn1c(=O)oc2ccccc21)NCCNc1cc(N2CCCC2)cnn1. The van der Waals surface area contributed by atoms with Crippen LogP contribution in [-0.4, -0.2) is 46.9 Å². The first kappa shape index (κ1) is 18.0. The average molecular weight is 382 g/mol. The van der Waals surface area contributed by atoms with Crippen LogP contribution in [0.2, 0.25) is 0 Å². The summed E-state index contributed by atoms with van der Waals surface area (Å²) in [4.78, 5) is 26.4. The fourth-order valence-electron chi connectivity index (χ4n) is 3.35. The zero-order valence-electron chi connectivity index (χ0n) is 15.4. The second kappa shape index (κ2) is 8.12. The van der Waals surface area contributed by atoms with Crippen molar-refractivity contribution in [2.75, 3.05) is 36.4 Å². The number of hydrogen-bond donors (Lipinski definition) is 2. The first-order valence-electron chi connectivity index (χ1n) is 9.37. The van der Waals surface area contributed by atoms with Crippen molar-refractivity contribution in [1.82, 2.24) is 20.1 Å². The lowest BCUT2D eigenvalue weighted by Gasteiger charge is -2.17. The molecule has 0 radical (unpaired) electrons. The van der Waals surface area contributed by atoms with Crippen LogP contribution in [0, 0.1) is 0 Å². The predicted octanol–water partition coefficient (Wildman–Crippen LogP) is 1.21. The minimum Gasteiger partial charge on any atom is -0.408 e. The molecule has 0 saturated carbocycles. The van der Waals surface area contributed by atoms with Gasteiger partial charge in [-0.25, -0.2) is 4.79 Å². The maximum absolute atomic E-state index is 12.2. The summed E-state index contributed by atoms with van der Waals surface area (Å²) in [6.45, 7) is 2.91. The van der Waals surface area contributed by atoms with Gasteiger partial charge in [0, 0.05) is 32.2 Å². The van der Waals surface area contributed by atoms with Crippen LogP contribution in [0.1, 0.15) is 12.8 Å². The second-order valence-corrected chi connectivity index (χ2v) is 6.69. The van der Waals surface area contributed by atoms with Gasteiger partial charge in [-0.3, -0.25) is 9.36 Å². The molecule has 0 atom stereocenters. The van der Waals surface area contributed by atoms with Crippen LogP contribution >= 0.6 is 0 Å². The largest absolute Gasteiger partial charge is 0.420 e. The number of para-hydroxylation sites is 2. The van der Waals surface area contributed by atoms with Gasteiger partial charge in [0.2, 0.25) is 5.91 Å². The van der Waals surface area contributed by atoms with E-state index >= 15 is 0 Å². The Morgan fingerprint density at radius 3 is 2.86 bits per heavy atom. The normalized spacial score (nSPS) is 13.8. The van der Waals surface area contributed by atoms with E-state index in [-0.39, 0.29) is 12.5 Å². The van der Waals surface area contributed by atoms with Gasteiger partial charge in [0.15, 0.2) is 11.4 Å². The maximum atomic E-state index is 12.2. The molecule has 1 aromatic carbocycles. The van der Waals surface area contributed by atoms with Gasteiger partial charge in [0.1, 0.15) is 6.54 Å². The quantitative estimate of drug-likeness (QED) is 0.592. The lowest BCUT2D eigenvalue weighted by molar-refractivity contribution is -0.121. The lowest BCUT2D eigenvalue weighted by atomic mass is 10.3. The van der Waals surface area contributed by atoms with Gasteiger partial charge in [-0.1, -0.05) is 12.1 Å². The van der Waals surface area contributed by atoms with E-state index in [2.05, 4.69) is 25.7 Å². The van der Waals surface area contributed by atoms with Crippen molar-refractivity contribution in [2.24, 2.45) is 0 Å². The molecule has 0 unspecified atom stereocenters. The maximum Gasteiger partial charge on any atom is 0.420 e. The van der Waals surface area contributed by atoms with Gasteiger partial charge in [-0.15, -0.1) is 5.10 Å². The Labute approximate surface area is 161 Å². The van der Waals surface area contributed by atoms with Crippen molar-refractivity contribution in [3.05, 3.63) is 47.1 Å². The van der Waals surface area contributed by atoms with Gasteiger partial charge in [0.05, 0.1) is 17.4 Å². The molecule has 0 bridgehead atoms. The zero-order valence-corrected chi connectivity index (χ0v) is 15.4. The number of carbonyl (C=O) groups is 1. The Kier molecular flexibility index (Phi) is 5.22. The molecule has 2 aromatic heterocycles. The molecule has 1 aliphatic heterocycles. The third kappa shape index (κ3) is 3.98. The molecule has 0 spiro atoms. The molecule has 3 heterocycles. The second-order valence-electron chi connectivity index (χ2n) is 6.69. The van der Waals surface area contributed by atoms with Gasteiger partial charge < -0.3 is 20.0 Å². The number of nitrogens with one attached hydrogen (secondary N) is 2. The number of anilines is 2. The fourth-order valence-corrected chi connectivity index (χ4v) is 3.35. The van der Waals surface area contributed by atoms with Crippen LogP contribution in [0.3, 0.4) is 0 Å². The van der Waals surface area contributed by atoms with E-state index in [1.54, 1.807) is 30.5 Å². The minimum absolute atomic E-state index is 0.0832. The van der Waals surface area contributed by atoms with Gasteiger partial charge >= 0.3 is 5.76 Å². The number of rotatable bonds is 7. The van der Waals surface area contributed by atoms with Crippen molar-refractivity contribution in [3.8, 4) is 0 Å². The van der Waals surface area contributed by atoms with Crippen LogP contribution < -0.4 is 21.3 Å². The average Bonchev–Trinajstić information content (AvgIpc) is 3.34. The van der Waals surface area contributed by atoms with E-state index in [0.29, 0.717) is 30.0 Å². The third-order valence-corrected chi connectivity index (χ3v) is 4.74. The van der Waals surface area contributed by atoms with E-state index in [9.17, 15) is 9.59 Å². The van der Waals surface area contributed by atoms with Crippen molar-refractivity contribution in [1.29, 1.82) is 0 Å². The van der Waals surface area contributed by atoms with Crippen molar-refractivity contribution >= 4 is 28.5 Å². The van der Waals surface area contributed by atoms with Crippen molar-refractivity contribution in [2.45, 2.75) is 19.4 Å². The van der Waals surface area contributed by atoms with E-state index in [1.807, 2.05) is 6.07 Å². The Morgan fingerprint density at radius 2 is 2.00 bits per heavy atom. The molecule has 9 nitrogen and oxygen atoms in total. The highest BCUT2D eigenvalue weighted by Crippen LogP contribution is 2.20. The standard InChI is InChI=1S/C19H22N6O3/c26-18(13-25-15-5-1-2-6-16(15)28-19(25)27)21-8-7-20-17-11-14(12-22-23-17)24-9-3-4-10-24/h1-2,5-6,11-12H,3-4,7-10,13H2,(H,20,23)(H,21,26). The fraction of sp³-hybridized carbons (Fsp3) is 0.368. The van der Waals surface area contributed by atoms with E-state index in [0.717, 1.165) is 18.8 Å². The van der Waals surface area contributed by atoms with Crippen LogP contribution in [0.4, 0.5) is 11.5 Å². The molecule has 0 aliphatic carbocycles. The zero-order chi connectivity index (χ0) is 19.3. The summed E-state index contributed by atoms with van der Waals surface area (Å²) in [6, 6.07) is 9.00. The first-order valence-corrected chi connectivity index (χ1v) is 9.37. The summed E-state index contributed by atoms with van der Waals surface area (Å²) in [5.41, 5.74) is 2.14. The molecular formula is C19H22N6O3. The Hall–Kier alpha value is -3.36. The molecule has 3 aromatic rings. The van der Waals surface area contributed by atoms with Gasteiger partial charge in [-0.05, 0) is 25.0 Å². The third-order valence-electron chi connectivity index (χ3n) is 4.74. The molecule has 4 rings (SSSR count).